The van der Waals surface area contributed by atoms with Gasteiger partial charge in [-0.3, -0.25) is 0 Å². The molecule has 1 rings (SSSR count). The molecule has 0 saturated carbocycles. The number of anilines is 1. The highest BCUT2D eigenvalue weighted by molar-refractivity contribution is 7.15. The third kappa shape index (κ3) is 5.97. The van der Waals surface area contributed by atoms with Crippen LogP contribution in [0.15, 0.2) is 6.20 Å². The van der Waals surface area contributed by atoms with E-state index < -0.39 is 0 Å². The van der Waals surface area contributed by atoms with Crippen LogP contribution in [0.5, 0.6) is 0 Å². The Morgan fingerprint density at radius 2 is 2.07 bits per heavy atom. The molecule has 1 heterocycles. The van der Waals surface area contributed by atoms with Gasteiger partial charge in [-0.2, -0.15) is 0 Å². The van der Waals surface area contributed by atoms with Crippen LogP contribution in [0, 0.1) is 5.41 Å². The zero-order valence-electron chi connectivity index (χ0n) is 9.78. The maximum Gasteiger partial charge on any atom is 0.180 e. The van der Waals surface area contributed by atoms with Crippen molar-refractivity contribution in [1.29, 1.82) is 0 Å². The van der Waals surface area contributed by atoms with Crippen LogP contribution in [0.3, 0.4) is 0 Å². The molecule has 0 spiro atoms. The molecule has 0 aliphatic heterocycles. The molecule has 0 amide bonds. The van der Waals surface area contributed by atoms with Crippen molar-refractivity contribution in [3.63, 3.8) is 0 Å². The van der Waals surface area contributed by atoms with Gasteiger partial charge in [0.2, 0.25) is 0 Å². The average molecular weight is 250 g/mol. The number of nitrogen functional groups attached to an aromatic ring is 1. The number of halogens is 1. The molecule has 15 heavy (non-hydrogen) atoms. The van der Waals surface area contributed by atoms with E-state index in [0.717, 1.165) is 13.1 Å². The van der Waals surface area contributed by atoms with Crippen molar-refractivity contribution in [3.8, 4) is 0 Å². The van der Waals surface area contributed by atoms with E-state index in [4.69, 9.17) is 5.73 Å². The normalized spacial score (nSPS) is 11.5. The molecule has 0 radical (unpaired) electrons. The molecule has 3 nitrogen and oxygen atoms in total. The maximum absolute atomic E-state index is 5.57. The molecule has 0 fully saturated rings. The lowest BCUT2D eigenvalue weighted by Gasteiger charge is -2.25. The first kappa shape index (κ1) is 14.7. The smallest absolute Gasteiger partial charge is 0.180 e. The number of hydrogen-bond donors (Lipinski definition) is 1. The summed E-state index contributed by atoms with van der Waals surface area (Å²) < 4.78 is 0. The predicted octanol–water partition coefficient (Wildman–Crippen LogP) is 2.63. The van der Waals surface area contributed by atoms with Crippen LogP contribution in [0.25, 0.3) is 0 Å². The van der Waals surface area contributed by atoms with Gasteiger partial charge in [0.25, 0.3) is 0 Å². The average Bonchev–Trinajstić information content (AvgIpc) is 2.30. The Morgan fingerprint density at radius 3 is 2.47 bits per heavy atom. The molecule has 1 aromatic heterocycles. The number of rotatable bonds is 3. The molecule has 0 aromatic carbocycles. The number of nitrogens with zero attached hydrogens (tertiary/aromatic N) is 2. The monoisotopic (exact) mass is 249 g/mol. The third-order valence-electron chi connectivity index (χ3n) is 1.74. The molecule has 5 heteroatoms. The lowest BCUT2D eigenvalue weighted by molar-refractivity contribution is 0.222. The summed E-state index contributed by atoms with van der Waals surface area (Å²) in [6.45, 7) is 8.73. The topological polar surface area (TPSA) is 42.2 Å². The molecule has 1 aromatic rings. The van der Waals surface area contributed by atoms with E-state index in [9.17, 15) is 0 Å². The van der Waals surface area contributed by atoms with Gasteiger partial charge in [-0.1, -0.05) is 20.8 Å². The summed E-state index contributed by atoms with van der Waals surface area (Å²) in [7, 11) is 2.13. The second-order valence-corrected chi connectivity index (χ2v) is 6.04. The Labute approximate surface area is 102 Å². The van der Waals surface area contributed by atoms with E-state index >= 15 is 0 Å². The lowest BCUT2D eigenvalue weighted by Crippen LogP contribution is -2.28. The first-order valence-corrected chi connectivity index (χ1v) is 5.57. The molecule has 0 aliphatic carbocycles. The van der Waals surface area contributed by atoms with Crippen LogP contribution in [0.1, 0.15) is 25.6 Å². The van der Waals surface area contributed by atoms with Crippen LogP contribution >= 0.6 is 23.7 Å². The molecular weight excluding hydrogens is 230 g/mol. The van der Waals surface area contributed by atoms with Crippen LogP contribution < -0.4 is 5.73 Å². The highest BCUT2D eigenvalue weighted by Gasteiger charge is 2.14. The number of aromatic nitrogens is 1. The van der Waals surface area contributed by atoms with E-state index in [1.165, 1.54) is 4.88 Å². The predicted molar refractivity (Wildman–Crippen MR) is 69.6 cm³/mol. The highest BCUT2D eigenvalue weighted by atomic mass is 35.5. The number of nitrogens with two attached hydrogens (primary N) is 1. The molecule has 2 N–H and O–H groups in total. The molecule has 88 valence electrons. The van der Waals surface area contributed by atoms with Gasteiger partial charge in [0, 0.05) is 24.2 Å². The van der Waals surface area contributed by atoms with Gasteiger partial charge in [0.05, 0.1) is 0 Å². The first-order chi connectivity index (χ1) is 6.37. The van der Waals surface area contributed by atoms with Crippen molar-refractivity contribution < 1.29 is 0 Å². The van der Waals surface area contributed by atoms with Gasteiger partial charge in [0.1, 0.15) is 0 Å². The summed E-state index contributed by atoms with van der Waals surface area (Å²) >= 11 is 1.57. The molecule has 0 atom stereocenters. The summed E-state index contributed by atoms with van der Waals surface area (Å²) in [5.74, 6) is 0. The second kappa shape index (κ2) is 5.68. The van der Waals surface area contributed by atoms with Gasteiger partial charge < -0.3 is 10.6 Å². The fourth-order valence-electron chi connectivity index (χ4n) is 1.53. The van der Waals surface area contributed by atoms with Crippen molar-refractivity contribution in [1.82, 2.24) is 9.88 Å². The van der Waals surface area contributed by atoms with E-state index in [-0.39, 0.29) is 12.4 Å². The molecule has 0 unspecified atom stereocenters. The standard InChI is InChI=1S/C10H19N3S.ClH/c1-10(2,3)7-13(4)6-8-5-12-9(11)14-8;/h5H,6-7H2,1-4H3,(H2,11,12);1H. The van der Waals surface area contributed by atoms with Crippen LogP contribution in [0.2, 0.25) is 0 Å². The Balaban J connectivity index is 0.00000196. The van der Waals surface area contributed by atoms with Gasteiger partial charge >= 0.3 is 0 Å². The largest absolute Gasteiger partial charge is 0.375 e. The van der Waals surface area contributed by atoms with E-state index in [1.54, 1.807) is 11.3 Å². The van der Waals surface area contributed by atoms with Gasteiger partial charge in [-0.05, 0) is 12.5 Å². The van der Waals surface area contributed by atoms with Crippen LogP contribution in [-0.2, 0) is 6.54 Å². The van der Waals surface area contributed by atoms with Crippen LogP contribution in [0.4, 0.5) is 5.13 Å². The van der Waals surface area contributed by atoms with Gasteiger partial charge in [-0.15, -0.1) is 23.7 Å². The summed E-state index contributed by atoms with van der Waals surface area (Å²) in [6, 6.07) is 0. The van der Waals surface area contributed by atoms with Crippen LogP contribution in [-0.4, -0.2) is 23.5 Å². The van der Waals surface area contributed by atoms with E-state index in [2.05, 4.69) is 37.7 Å². The van der Waals surface area contributed by atoms with Crippen molar-refractivity contribution in [2.45, 2.75) is 27.3 Å². The summed E-state index contributed by atoms with van der Waals surface area (Å²) in [5.41, 5.74) is 5.91. The van der Waals surface area contributed by atoms with Gasteiger partial charge in [-0.25, -0.2) is 4.98 Å². The van der Waals surface area contributed by atoms with E-state index in [0.29, 0.717) is 10.5 Å². The second-order valence-electron chi connectivity index (χ2n) is 4.90. The SMILES string of the molecule is CN(Cc1cnc(N)s1)CC(C)(C)C.Cl. The molecule has 0 saturated heterocycles. The van der Waals surface area contributed by atoms with Crippen molar-refractivity contribution in [3.05, 3.63) is 11.1 Å². The third-order valence-corrected chi connectivity index (χ3v) is 2.55. The van der Waals surface area contributed by atoms with Crippen molar-refractivity contribution in [2.24, 2.45) is 5.41 Å². The first-order valence-electron chi connectivity index (χ1n) is 4.75. The fraction of sp³-hybridized carbons (Fsp3) is 0.700. The minimum absolute atomic E-state index is 0. The highest BCUT2D eigenvalue weighted by Crippen LogP contribution is 2.19. The van der Waals surface area contributed by atoms with E-state index in [1.807, 2.05) is 6.20 Å². The Morgan fingerprint density at radius 1 is 1.47 bits per heavy atom. The zero-order valence-corrected chi connectivity index (χ0v) is 11.4. The van der Waals surface area contributed by atoms with Crippen molar-refractivity contribution >= 4 is 28.9 Å². The minimum atomic E-state index is 0. The molecule has 0 bridgehead atoms. The number of hydrogen-bond acceptors (Lipinski definition) is 4. The summed E-state index contributed by atoms with van der Waals surface area (Å²) in [5, 5.41) is 0.657. The molecular formula is C10H20ClN3S. The Hall–Kier alpha value is -0.320. The lowest BCUT2D eigenvalue weighted by atomic mass is 9.96. The minimum Gasteiger partial charge on any atom is -0.375 e. The fourth-order valence-corrected chi connectivity index (χ4v) is 2.29. The Bertz CT molecular complexity index is 293. The summed E-state index contributed by atoms with van der Waals surface area (Å²) in [6.07, 6.45) is 1.86. The summed E-state index contributed by atoms with van der Waals surface area (Å²) in [4.78, 5) is 7.57. The van der Waals surface area contributed by atoms with Gasteiger partial charge in [0.15, 0.2) is 5.13 Å². The maximum atomic E-state index is 5.57. The Kier molecular flexibility index (Phi) is 5.56. The van der Waals surface area contributed by atoms with Crippen molar-refractivity contribution in [2.75, 3.05) is 19.3 Å². The number of thiazole rings is 1. The molecule has 0 aliphatic rings. The quantitative estimate of drug-likeness (QED) is 0.896. The zero-order chi connectivity index (χ0) is 10.8.